The Hall–Kier alpha value is -1.89. The van der Waals surface area contributed by atoms with Gasteiger partial charge in [-0.3, -0.25) is 9.48 Å². The molecule has 0 spiro atoms. The molecule has 1 amide bonds. The van der Waals surface area contributed by atoms with Gasteiger partial charge in [0, 0.05) is 24.1 Å². The standard InChI is InChI=1S/C13H13F2N3OS/c1-8-5-12(18(2)17-8)16-13(19)7-20-11-4-3-9(14)6-10(11)15/h3-6H,7H2,1-2H3,(H,16,19). The van der Waals surface area contributed by atoms with E-state index in [-0.39, 0.29) is 16.6 Å². The van der Waals surface area contributed by atoms with Crippen LogP contribution >= 0.6 is 11.8 Å². The monoisotopic (exact) mass is 297 g/mol. The van der Waals surface area contributed by atoms with Gasteiger partial charge in [-0.2, -0.15) is 5.10 Å². The molecule has 1 heterocycles. The molecule has 0 aliphatic rings. The summed E-state index contributed by atoms with van der Waals surface area (Å²) < 4.78 is 27.7. The minimum atomic E-state index is -0.667. The Bertz CT molecular complexity index is 643. The summed E-state index contributed by atoms with van der Waals surface area (Å²) in [5.41, 5.74) is 0.792. The van der Waals surface area contributed by atoms with E-state index in [0.717, 1.165) is 29.6 Å². The van der Waals surface area contributed by atoms with Crippen LogP contribution in [-0.2, 0) is 11.8 Å². The predicted octanol–water partition coefficient (Wildman–Crippen LogP) is 2.74. The fraction of sp³-hybridized carbons (Fsp3) is 0.231. The second-order valence-corrected chi connectivity index (χ2v) is 5.22. The van der Waals surface area contributed by atoms with Crippen molar-refractivity contribution in [1.29, 1.82) is 0 Å². The SMILES string of the molecule is Cc1cc(NC(=O)CSc2ccc(F)cc2F)n(C)n1. The zero-order chi connectivity index (χ0) is 14.7. The van der Waals surface area contributed by atoms with Crippen molar-refractivity contribution < 1.29 is 13.6 Å². The molecule has 2 aromatic rings. The number of carbonyl (C=O) groups excluding carboxylic acids is 1. The lowest BCUT2D eigenvalue weighted by Gasteiger charge is -2.05. The minimum absolute atomic E-state index is 0.0345. The average molecular weight is 297 g/mol. The summed E-state index contributed by atoms with van der Waals surface area (Å²) in [7, 11) is 1.72. The summed E-state index contributed by atoms with van der Waals surface area (Å²) in [6, 6.07) is 5.01. The van der Waals surface area contributed by atoms with Gasteiger partial charge in [-0.25, -0.2) is 8.78 Å². The smallest absolute Gasteiger partial charge is 0.235 e. The summed E-state index contributed by atoms with van der Waals surface area (Å²) in [4.78, 5) is 12.0. The molecule has 0 aliphatic heterocycles. The molecular formula is C13H13F2N3OS. The molecular weight excluding hydrogens is 284 g/mol. The molecule has 0 saturated carbocycles. The van der Waals surface area contributed by atoms with Crippen LogP contribution in [-0.4, -0.2) is 21.4 Å². The highest BCUT2D eigenvalue weighted by Gasteiger charge is 2.10. The molecule has 4 nitrogen and oxygen atoms in total. The number of hydrogen-bond donors (Lipinski definition) is 1. The van der Waals surface area contributed by atoms with Crippen molar-refractivity contribution in [2.75, 3.05) is 11.1 Å². The molecule has 0 bridgehead atoms. The van der Waals surface area contributed by atoms with Gasteiger partial charge in [-0.15, -0.1) is 11.8 Å². The Morgan fingerprint density at radius 2 is 2.15 bits per heavy atom. The van der Waals surface area contributed by atoms with Crippen LogP contribution in [0.15, 0.2) is 29.2 Å². The predicted molar refractivity (Wildman–Crippen MR) is 73.7 cm³/mol. The topological polar surface area (TPSA) is 46.9 Å². The number of amides is 1. The molecule has 7 heteroatoms. The third-order valence-electron chi connectivity index (χ3n) is 2.52. The lowest BCUT2D eigenvalue weighted by atomic mass is 10.3. The molecule has 20 heavy (non-hydrogen) atoms. The molecule has 0 unspecified atom stereocenters. The van der Waals surface area contributed by atoms with Crippen LogP contribution < -0.4 is 5.32 Å². The fourth-order valence-electron chi connectivity index (χ4n) is 1.64. The molecule has 106 valence electrons. The van der Waals surface area contributed by atoms with E-state index < -0.39 is 11.6 Å². The zero-order valence-corrected chi connectivity index (χ0v) is 11.8. The van der Waals surface area contributed by atoms with Gasteiger partial charge in [0.25, 0.3) is 0 Å². The van der Waals surface area contributed by atoms with E-state index in [1.54, 1.807) is 17.8 Å². The highest BCUT2D eigenvalue weighted by atomic mass is 32.2. The summed E-state index contributed by atoms with van der Waals surface area (Å²) >= 11 is 1.01. The summed E-state index contributed by atoms with van der Waals surface area (Å²) in [6.07, 6.45) is 0. The van der Waals surface area contributed by atoms with Crippen molar-refractivity contribution >= 4 is 23.5 Å². The number of carbonyl (C=O) groups is 1. The van der Waals surface area contributed by atoms with Gasteiger partial charge in [0.15, 0.2) is 0 Å². The number of benzene rings is 1. The van der Waals surface area contributed by atoms with Crippen molar-refractivity contribution in [3.05, 3.63) is 41.6 Å². The number of halogens is 2. The highest BCUT2D eigenvalue weighted by Crippen LogP contribution is 2.22. The van der Waals surface area contributed by atoms with Gasteiger partial charge in [-0.05, 0) is 19.1 Å². The van der Waals surface area contributed by atoms with Crippen molar-refractivity contribution in [2.24, 2.45) is 7.05 Å². The van der Waals surface area contributed by atoms with Gasteiger partial charge >= 0.3 is 0 Å². The number of rotatable bonds is 4. The van der Waals surface area contributed by atoms with E-state index >= 15 is 0 Å². The van der Waals surface area contributed by atoms with Crippen molar-refractivity contribution in [3.63, 3.8) is 0 Å². The van der Waals surface area contributed by atoms with E-state index in [2.05, 4.69) is 10.4 Å². The fourth-order valence-corrected chi connectivity index (χ4v) is 2.36. The Kier molecular flexibility index (Phi) is 4.39. The summed E-state index contributed by atoms with van der Waals surface area (Å²) in [6.45, 7) is 1.82. The summed E-state index contributed by atoms with van der Waals surface area (Å²) in [5, 5.41) is 6.78. The molecule has 1 aromatic heterocycles. The average Bonchev–Trinajstić information content (AvgIpc) is 2.66. The van der Waals surface area contributed by atoms with Crippen molar-refractivity contribution in [2.45, 2.75) is 11.8 Å². The lowest BCUT2D eigenvalue weighted by Crippen LogP contribution is -2.16. The van der Waals surface area contributed by atoms with Crippen LogP contribution in [0.4, 0.5) is 14.6 Å². The Morgan fingerprint density at radius 1 is 1.40 bits per heavy atom. The zero-order valence-electron chi connectivity index (χ0n) is 11.0. The third kappa shape index (κ3) is 3.57. The first-order chi connectivity index (χ1) is 9.45. The molecule has 1 aromatic carbocycles. The van der Waals surface area contributed by atoms with Gasteiger partial charge in [0.05, 0.1) is 11.4 Å². The van der Waals surface area contributed by atoms with Gasteiger partial charge in [0.1, 0.15) is 17.5 Å². The highest BCUT2D eigenvalue weighted by molar-refractivity contribution is 8.00. The van der Waals surface area contributed by atoms with E-state index in [9.17, 15) is 13.6 Å². The number of aromatic nitrogens is 2. The van der Waals surface area contributed by atoms with E-state index in [1.165, 1.54) is 6.07 Å². The Labute approximate surface area is 119 Å². The molecule has 0 atom stereocenters. The van der Waals surface area contributed by atoms with Crippen LogP contribution in [0.1, 0.15) is 5.69 Å². The lowest BCUT2D eigenvalue weighted by molar-refractivity contribution is -0.113. The number of anilines is 1. The maximum atomic E-state index is 13.4. The normalized spacial score (nSPS) is 10.6. The second-order valence-electron chi connectivity index (χ2n) is 4.21. The summed E-state index contributed by atoms with van der Waals surface area (Å²) in [5.74, 6) is -0.970. The molecule has 0 saturated heterocycles. The third-order valence-corrected chi connectivity index (χ3v) is 3.57. The van der Waals surface area contributed by atoms with Crippen LogP contribution in [0.25, 0.3) is 0 Å². The largest absolute Gasteiger partial charge is 0.310 e. The molecule has 2 rings (SSSR count). The minimum Gasteiger partial charge on any atom is -0.310 e. The molecule has 0 radical (unpaired) electrons. The number of thioether (sulfide) groups is 1. The Balaban J connectivity index is 1.94. The number of hydrogen-bond acceptors (Lipinski definition) is 3. The van der Waals surface area contributed by atoms with Crippen LogP contribution in [0.2, 0.25) is 0 Å². The van der Waals surface area contributed by atoms with Crippen molar-refractivity contribution in [1.82, 2.24) is 9.78 Å². The van der Waals surface area contributed by atoms with Gasteiger partial charge in [-0.1, -0.05) is 0 Å². The van der Waals surface area contributed by atoms with Crippen LogP contribution in [0, 0.1) is 18.6 Å². The number of nitrogens with zero attached hydrogens (tertiary/aromatic N) is 2. The number of nitrogens with one attached hydrogen (secondary N) is 1. The second kappa shape index (κ2) is 6.04. The van der Waals surface area contributed by atoms with E-state index in [1.807, 2.05) is 6.92 Å². The Morgan fingerprint density at radius 3 is 2.75 bits per heavy atom. The van der Waals surface area contributed by atoms with Gasteiger partial charge < -0.3 is 5.32 Å². The molecule has 0 aliphatic carbocycles. The first-order valence-corrected chi connectivity index (χ1v) is 6.82. The van der Waals surface area contributed by atoms with E-state index in [0.29, 0.717) is 5.82 Å². The number of aryl methyl sites for hydroxylation is 2. The first-order valence-electron chi connectivity index (χ1n) is 5.84. The van der Waals surface area contributed by atoms with Gasteiger partial charge in [0.2, 0.25) is 5.91 Å². The van der Waals surface area contributed by atoms with E-state index in [4.69, 9.17) is 0 Å². The maximum Gasteiger partial charge on any atom is 0.235 e. The first kappa shape index (κ1) is 14.5. The van der Waals surface area contributed by atoms with Crippen LogP contribution in [0.3, 0.4) is 0 Å². The van der Waals surface area contributed by atoms with Crippen molar-refractivity contribution in [3.8, 4) is 0 Å². The maximum absolute atomic E-state index is 13.4. The molecule has 0 fully saturated rings. The molecule has 1 N–H and O–H groups in total. The quantitative estimate of drug-likeness (QED) is 0.883. The van der Waals surface area contributed by atoms with Crippen LogP contribution in [0.5, 0.6) is 0 Å².